The molecule has 2 aliphatic rings. The van der Waals surface area contributed by atoms with Crippen molar-refractivity contribution in [3.05, 3.63) is 29.8 Å². The van der Waals surface area contributed by atoms with E-state index < -0.39 is 6.09 Å². The molecular formula is C18H27N3O4. The van der Waals surface area contributed by atoms with Crippen LogP contribution in [0.1, 0.15) is 12.5 Å². The fraction of sp³-hybridized carbons (Fsp3) is 0.611. The Morgan fingerprint density at radius 1 is 1.20 bits per heavy atom. The molecule has 1 aromatic carbocycles. The first-order chi connectivity index (χ1) is 12.1. The van der Waals surface area contributed by atoms with Crippen LogP contribution in [-0.2, 0) is 20.8 Å². The summed E-state index contributed by atoms with van der Waals surface area (Å²) in [5.41, 5.74) is 2.39. The number of nitrogens with zero attached hydrogens (tertiary/aromatic N) is 1. The Kier molecular flexibility index (Phi) is 5.78. The van der Waals surface area contributed by atoms with Crippen LogP contribution >= 0.6 is 0 Å². The number of carbonyl (C=O) groups is 1. The molecule has 2 fully saturated rings. The largest absolute Gasteiger partial charge is 0.441 e. The van der Waals surface area contributed by atoms with Crippen LogP contribution in [0.5, 0.6) is 0 Å². The SMILES string of the molecule is CCNC(=O)O[C@H]1CO[C@@H]2[C@@H]1OC[C@@H]2NCc1ccc(N(C)C)cc1. The first-order valence-corrected chi connectivity index (χ1v) is 8.76. The van der Waals surface area contributed by atoms with E-state index in [-0.39, 0.29) is 24.4 Å². The van der Waals surface area contributed by atoms with Gasteiger partial charge in [0, 0.05) is 32.9 Å². The Labute approximate surface area is 148 Å². The van der Waals surface area contributed by atoms with E-state index in [4.69, 9.17) is 14.2 Å². The molecule has 0 saturated carbocycles. The lowest BCUT2D eigenvalue weighted by atomic mass is 10.1. The molecule has 25 heavy (non-hydrogen) atoms. The van der Waals surface area contributed by atoms with Crippen LogP contribution in [0.25, 0.3) is 0 Å². The van der Waals surface area contributed by atoms with Crippen molar-refractivity contribution >= 4 is 11.8 Å². The second-order valence-corrected chi connectivity index (χ2v) is 6.62. The third-order valence-corrected chi connectivity index (χ3v) is 4.61. The molecule has 0 bridgehead atoms. The van der Waals surface area contributed by atoms with Gasteiger partial charge >= 0.3 is 6.09 Å². The number of amides is 1. The lowest BCUT2D eigenvalue weighted by Gasteiger charge is -2.18. The Bertz CT molecular complexity index is 578. The average Bonchev–Trinajstić information content (AvgIpc) is 3.17. The van der Waals surface area contributed by atoms with Crippen LogP contribution in [0.4, 0.5) is 10.5 Å². The van der Waals surface area contributed by atoms with Gasteiger partial charge in [0.15, 0.2) is 6.10 Å². The molecule has 0 aliphatic carbocycles. The number of ether oxygens (including phenoxy) is 3. The van der Waals surface area contributed by atoms with Gasteiger partial charge in [0.2, 0.25) is 0 Å². The van der Waals surface area contributed by atoms with Crippen LogP contribution in [0.3, 0.4) is 0 Å². The minimum Gasteiger partial charge on any atom is -0.441 e. The van der Waals surface area contributed by atoms with E-state index in [2.05, 4.69) is 39.8 Å². The maximum absolute atomic E-state index is 11.6. The lowest BCUT2D eigenvalue weighted by molar-refractivity contribution is 0.00400. The number of rotatable bonds is 6. The molecule has 2 N–H and O–H groups in total. The highest BCUT2D eigenvalue weighted by atomic mass is 16.6. The van der Waals surface area contributed by atoms with Crippen molar-refractivity contribution in [1.29, 1.82) is 0 Å². The van der Waals surface area contributed by atoms with Crippen LogP contribution in [-0.4, -0.2) is 64.3 Å². The number of nitrogens with one attached hydrogen (secondary N) is 2. The highest BCUT2D eigenvalue weighted by Crippen LogP contribution is 2.29. The fourth-order valence-corrected chi connectivity index (χ4v) is 3.22. The third kappa shape index (κ3) is 4.23. The minimum absolute atomic E-state index is 0.0829. The summed E-state index contributed by atoms with van der Waals surface area (Å²) in [5, 5.41) is 6.13. The third-order valence-electron chi connectivity index (χ3n) is 4.61. The van der Waals surface area contributed by atoms with Crippen molar-refractivity contribution in [1.82, 2.24) is 10.6 Å². The molecule has 0 unspecified atom stereocenters. The number of carbonyl (C=O) groups excluding carboxylic acids is 1. The average molecular weight is 349 g/mol. The van der Waals surface area contributed by atoms with Crippen LogP contribution in [0.2, 0.25) is 0 Å². The van der Waals surface area contributed by atoms with Gasteiger partial charge in [-0.1, -0.05) is 12.1 Å². The Balaban J connectivity index is 1.50. The number of alkyl carbamates (subject to hydrolysis) is 1. The Hall–Kier alpha value is -1.83. The van der Waals surface area contributed by atoms with Crippen LogP contribution < -0.4 is 15.5 Å². The maximum atomic E-state index is 11.6. The monoisotopic (exact) mass is 349 g/mol. The second kappa shape index (κ2) is 8.03. The number of benzene rings is 1. The molecular weight excluding hydrogens is 322 g/mol. The van der Waals surface area contributed by atoms with Gasteiger partial charge in [-0.2, -0.15) is 0 Å². The van der Waals surface area contributed by atoms with E-state index in [1.54, 1.807) is 0 Å². The van der Waals surface area contributed by atoms with Gasteiger partial charge < -0.3 is 29.7 Å². The molecule has 0 aromatic heterocycles. The molecule has 2 heterocycles. The first kappa shape index (κ1) is 18.0. The number of hydrogen-bond donors (Lipinski definition) is 2. The van der Waals surface area contributed by atoms with Gasteiger partial charge in [0.05, 0.1) is 19.3 Å². The van der Waals surface area contributed by atoms with E-state index in [9.17, 15) is 4.79 Å². The molecule has 2 aliphatic heterocycles. The Morgan fingerprint density at radius 2 is 1.92 bits per heavy atom. The summed E-state index contributed by atoms with van der Waals surface area (Å²) in [6, 6.07) is 8.54. The van der Waals surface area contributed by atoms with E-state index in [0.29, 0.717) is 19.8 Å². The highest BCUT2D eigenvalue weighted by Gasteiger charge is 2.49. The summed E-state index contributed by atoms with van der Waals surface area (Å²) >= 11 is 0. The molecule has 3 rings (SSSR count). The highest BCUT2D eigenvalue weighted by molar-refractivity contribution is 5.67. The standard InChI is InChI=1S/C18H27N3O4/c1-4-19-18(22)25-15-11-24-16-14(10-23-17(15)16)20-9-12-5-7-13(8-6-12)21(2)3/h5-8,14-17,20H,4,9-11H2,1-3H3,(H,19,22)/t14-,15-,16-,17+/m0/s1. The molecule has 1 amide bonds. The summed E-state index contributed by atoms with van der Waals surface area (Å²) in [6.45, 7) is 4.07. The summed E-state index contributed by atoms with van der Waals surface area (Å²) in [7, 11) is 4.06. The molecule has 7 nitrogen and oxygen atoms in total. The molecule has 0 radical (unpaired) electrons. The van der Waals surface area contributed by atoms with E-state index >= 15 is 0 Å². The van der Waals surface area contributed by atoms with Crippen LogP contribution in [0, 0.1) is 0 Å². The predicted molar refractivity (Wildman–Crippen MR) is 94.8 cm³/mol. The van der Waals surface area contributed by atoms with Crippen molar-refractivity contribution in [3.8, 4) is 0 Å². The van der Waals surface area contributed by atoms with Crippen molar-refractivity contribution in [2.24, 2.45) is 0 Å². The van der Waals surface area contributed by atoms with Crippen molar-refractivity contribution < 1.29 is 19.0 Å². The van der Waals surface area contributed by atoms with Gasteiger partial charge in [0.1, 0.15) is 12.2 Å². The van der Waals surface area contributed by atoms with Crippen molar-refractivity contribution in [2.45, 2.75) is 37.8 Å². The maximum Gasteiger partial charge on any atom is 0.407 e. The first-order valence-electron chi connectivity index (χ1n) is 8.76. The smallest absolute Gasteiger partial charge is 0.407 e. The van der Waals surface area contributed by atoms with E-state index in [1.807, 2.05) is 21.0 Å². The molecule has 4 atom stereocenters. The summed E-state index contributed by atoms with van der Waals surface area (Å²) in [6.07, 6.45) is -1.04. The molecule has 7 heteroatoms. The normalized spacial score (nSPS) is 27.8. The number of hydrogen-bond acceptors (Lipinski definition) is 6. The van der Waals surface area contributed by atoms with Crippen molar-refractivity contribution in [3.63, 3.8) is 0 Å². The lowest BCUT2D eigenvalue weighted by Crippen LogP contribution is -2.41. The molecule has 1 aromatic rings. The summed E-state index contributed by atoms with van der Waals surface area (Å²) in [5.74, 6) is 0. The summed E-state index contributed by atoms with van der Waals surface area (Å²) < 4.78 is 17.0. The van der Waals surface area contributed by atoms with Gasteiger partial charge in [-0.15, -0.1) is 0 Å². The number of fused-ring (bicyclic) bond motifs is 1. The van der Waals surface area contributed by atoms with E-state index in [1.165, 1.54) is 11.3 Å². The number of anilines is 1. The predicted octanol–water partition coefficient (Wildman–Crippen LogP) is 1.12. The Morgan fingerprint density at radius 3 is 2.60 bits per heavy atom. The zero-order valence-electron chi connectivity index (χ0n) is 15.0. The van der Waals surface area contributed by atoms with Crippen molar-refractivity contribution in [2.75, 3.05) is 38.8 Å². The fourth-order valence-electron chi connectivity index (χ4n) is 3.22. The zero-order valence-corrected chi connectivity index (χ0v) is 15.0. The quantitative estimate of drug-likeness (QED) is 0.802. The van der Waals surface area contributed by atoms with Gasteiger partial charge in [-0.05, 0) is 24.6 Å². The zero-order chi connectivity index (χ0) is 17.8. The van der Waals surface area contributed by atoms with Gasteiger partial charge in [-0.25, -0.2) is 4.79 Å². The van der Waals surface area contributed by atoms with Gasteiger partial charge in [-0.3, -0.25) is 0 Å². The second-order valence-electron chi connectivity index (χ2n) is 6.62. The molecule has 2 saturated heterocycles. The van der Waals surface area contributed by atoms with Gasteiger partial charge in [0.25, 0.3) is 0 Å². The minimum atomic E-state index is -0.419. The van der Waals surface area contributed by atoms with Crippen LogP contribution in [0.15, 0.2) is 24.3 Å². The topological polar surface area (TPSA) is 72.1 Å². The van der Waals surface area contributed by atoms with E-state index in [0.717, 1.165) is 6.54 Å². The summed E-state index contributed by atoms with van der Waals surface area (Å²) in [4.78, 5) is 13.7. The molecule has 138 valence electrons. The molecule has 0 spiro atoms.